The van der Waals surface area contributed by atoms with Gasteiger partial charge in [-0.3, -0.25) is 0 Å². The minimum absolute atomic E-state index is 0.0254. The third-order valence-corrected chi connectivity index (χ3v) is 5.63. The molecule has 124 valence electrons. The van der Waals surface area contributed by atoms with E-state index in [9.17, 15) is 0 Å². The van der Waals surface area contributed by atoms with Gasteiger partial charge in [-0.15, -0.1) is 0 Å². The summed E-state index contributed by atoms with van der Waals surface area (Å²) in [6, 6.07) is 9.89. The van der Waals surface area contributed by atoms with Gasteiger partial charge in [-0.25, -0.2) is 0 Å². The Morgan fingerprint density at radius 2 is 1.96 bits per heavy atom. The summed E-state index contributed by atoms with van der Waals surface area (Å²) in [4.78, 5) is 0. The summed E-state index contributed by atoms with van der Waals surface area (Å²) in [6.07, 6.45) is 4.01. The van der Waals surface area contributed by atoms with Gasteiger partial charge in [-0.2, -0.15) is 5.26 Å². The Morgan fingerprint density at radius 3 is 2.70 bits per heavy atom. The van der Waals surface area contributed by atoms with Gasteiger partial charge >= 0.3 is 0 Å². The van der Waals surface area contributed by atoms with Crippen molar-refractivity contribution >= 4 is 0 Å². The van der Waals surface area contributed by atoms with Gasteiger partial charge in [-0.05, 0) is 73.4 Å². The first-order chi connectivity index (χ1) is 12.8. The molecule has 0 spiro atoms. The fourth-order valence-corrected chi connectivity index (χ4v) is 4.24. The highest BCUT2D eigenvalue weighted by atomic mass is 14.4. The molecule has 23 heavy (non-hydrogen) atoms. The van der Waals surface area contributed by atoms with Crippen LogP contribution in [0.25, 0.3) is 0 Å². The molecule has 1 nitrogen and oxygen atoms in total. The summed E-state index contributed by atoms with van der Waals surface area (Å²) in [5, 5.41) is 8.98. The minimum atomic E-state index is -1.43. The van der Waals surface area contributed by atoms with Crippen molar-refractivity contribution in [3.8, 4) is 6.07 Å². The molecule has 0 saturated heterocycles. The Labute approximate surface area is 147 Å². The third-order valence-electron chi connectivity index (χ3n) is 5.63. The summed E-state index contributed by atoms with van der Waals surface area (Å²) in [5.74, 6) is -0.0547. The van der Waals surface area contributed by atoms with Gasteiger partial charge in [0.25, 0.3) is 0 Å². The molecule has 1 aromatic carbocycles. The molecule has 0 radical (unpaired) electrons. The second-order valence-corrected chi connectivity index (χ2v) is 7.23. The molecule has 0 heterocycles. The van der Waals surface area contributed by atoms with Crippen molar-refractivity contribution in [1.82, 2.24) is 0 Å². The average molecular weight is 314 g/mol. The average Bonchev–Trinajstić information content (AvgIpc) is 2.63. The maximum absolute atomic E-state index is 8.98. The predicted molar refractivity (Wildman–Crippen MR) is 96.2 cm³/mol. The number of benzene rings is 1. The molecular formula is C22H31N. The Kier molecular flexibility index (Phi) is 4.22. The number of nitrogens with zero attached hydrogens (tertiary/aromatic N) is 1. The van der Waals surface area contributed by atoms with Crippen molar-refractivity contribution in [3.05, 3.63) is 35.4 Å². The van der Waals surface area contributed by atoms with Gasteiger partial charge in [-0.1, -0.05) is 51.1 Å². The zero-order chi connectivity index (χ0) is 19.7. The molecule has 0 aliphatic heterocycles. The van der Waals surface area contributed by atoms with Crippen LogP contribution in [-0.4, -0.2) is 0 Å². The molecule has 3 rings (SSSR count). The lowest BCUT2D eigenvalue weighted by atomic mass is 9.63. The molecule has 4 unspecified atom stereocenters. The zero-order valence-corrected chi connectivity index (χ0v) is 14.2. The molecule has 2 aliphatic rings. The van der Waals surface area contributed by atoms with E-state index in [1.165, 1.54) is 5.56 Å². The predicted octanol–water partition coefficient (Wildman–Crippen LogP) is 6.44. The number of rotatable bonds is 5. The first-order valence-corrected chi connectivity index (χ1v) is 9.29. The van der Waals surface area contributed by atoms with Crippen LogP contribution in [0, 0.1) is 29.1 Å². The summed E-state index contributed by atoms with van der Waals surface area (Å²) in [5.41, 5.74) is 1.87. The van der Waals surface area contributed by atoms with Gasteiger partial charge in [0.1, 0.15) is 0 Å². The normalized spacial score (nSPS) is 37.4. The van der Waals surface area contributed by atoms with Crippen molar-refractivity contribution in [3.63, 3.8) is 0 Å². The standard InChI is InChI=1S/C22H31N/c1-2-3-4-5-17-6-11-22-15-21(13-12-20(22)14-17)19-9-7-18(16-23)8-10-19/h7-10,17,20-22H,2-6,11-15H2,1H3/i6D2,14D2. The quantitative estimate of drug-likeness (QED) is 0.574. The first-order valence-electron chi connectivity index (χ1n) is 11.3. The molecule has 1 heteroatoms. The second kappa shape index (κ2) is 8.00. The first kappa shape index (κ1) is 12.1. The summed E-state index contributed by atoms with van der Waals surface area (Å²) in [7, 11) is 0. The Balaban J connectivity index is 1.75. The molecule has 0 aromatic heterocycles. The van der Waals surface area contributed by atoms with E-state index in [1.807, 2.05) is 24.3 Å². The van der Waals surface area contributed by atoms with E-state index in [-0.39, 0.29) is 11.8 Å². The smallest absolute Gasteiger partial charge is 0.0991 e. The Hall–Kier alpha value is -1.29. The van der Waals surface area contributed by atoms with Crippen LogP contribution in [0.4, 0.5) is 0 Å². The minimum Gasteiger partial charge on any atom is -0.192 e. The van der Waals surface area contributed by atoms with Gasteiger partial charge in [0, 0.05) is 5.48 Å². The van der Waals surface area contributed by atoms with Crippen molar-refractivity contribution < 1.29 is 5.48 Å². The van der Waals surface area contributed by atoms with Crippen molar-refractivity contribution in [2.45, 2.75) is 77.0 Å². The van der Waals surface area contributed by atoms with Crippen LogP contribution in [-0.2, 0) is 0 Å². The number of hydrogen-bond donors (Lipinski definition) is 0. The summed E-state index contributed by atoms with van der Waals surface area (Å²) >= 11 is 0. The summed E-state index contributed by atoms with van der Waals surface area (Å²) in [6.45, 7) is 2.13. The van der Waals surface area contributed by atoms with Gasteiger partial charge in [0.05, 0.1) is 11.6 Å². The van der Waals surface area contributed by atoms with E-state index in [0.29, 0.717) is 24.3 Å². The number of hydrogen-bond acceptors (Lipinski definition) is 1. The highest BCUT2D eigenvalue weighted by Crippen LogP contribution is 2.48. The lowest BCUT2D eigenvalue weighted by Crippen LogP contribution is -2.30. The van der Waals surface area contributed by atoms with E-state index >= 15 is 0 Å². The fraction of sp³-hybridized carbons (Fsp3) is 0.682. The van der Waals surface area contributed by atoms with Crippen LogP contribution in [0.15, 0.2) is 24.3 Å². The molecule has 1 aromatic rings. The molecule has 0 N–H and O–H groups in total. The van der Waals surface area contributed by atoms with Crippen molar-refractivity contribution in [2.75, 3.05) is 0 Å². The van der Waals surface area contributed by atoms with E-state index in [1.54, 1.807) is 0 Å². The van der Waals surface area contributed by atoms with E-state index in [2.05, 4.69) is 13.0 Å². The number of fused-ring (bicyclic) bond motifs is 1. The van der Waals surface area contributed by atoms with Crippen LogP contribution >= 0.6 is 0 Å². The van der Waals surface area contributed by atoms with Crippen molar-refractivity contribution in [2.24, 2.45) is 17.8 Å². The van der Waals surface area contributed by atoms with Gasteiger partial charge < -0.3 is 0 Å². The molecule has 0 bridgehead atoms. The Morgan fingerprint density at radius 1 is 1.13 bits per heavy atom. The Bertz CT molecular complexity index is 677. The second-order valence-electron chi connectivity index (χ2n) is 7.23. The van der Waals surface area contributed by atoms with E-state index < -0.39 is 18.7 Å². The highest BCUT2D eigenvalue weighted by Gasteiger charge is 2.35. The monoisotopic (exact) mass is 313 g/mol. The molecule has 2 aliphatic carbocycles. The molecule has 4 atom stereocenters. The lowest BCUT2D eigenvalue weighted by molar-refractivity contribution is 0.113. The zero-order valence-electron chi connectivity index (χ0n) is 18.2. The largest absolute Gasteiger partial charge is 0.192 e. The highest BCUT2D eigenvalue weighted by molar-refractivity contribution is 5.33. The fourth-order valence-electron chi connectivity index (χ4n) is 4.24. The third kappa shape index (κ3) is 4.17. The van der Waals surface area contributed by atoms with E-state index in [0.717, 1.165) is 38.5 Å². The van der Waals surface area contributed by atoms with Crippen LogP contribution in [0.3, 0.4) is 0 Å². The maximum atomic E-state index is 8.98. The molecule has 2 fully saturated rings. The van der Waals surface area contributed by atoms with Crippen LogP contribution in [0.5, 0.6) is 0 Å². The summed E-state index contributed by atoms with van der Waals surface area (Å²) < 4.78 is 34.9. The molecule has 0 amide bonds. The van der Waals surface area contributed by atoms with Crippen LogP contribution in [0.2, 0.25) is 0 Å². The number of unbranched alkanes of at least 4 members (excludes halogenated alkanes) is 2. The van der Waals surface area contributed by atoms with Crippen LogP contribution in [0.1, 0.15) is 93.6 Å². The lowest BCUT2D eigenvalue weighted by Gasteiger charge is -2.42. The molecular weight excluding hydrogens is 278 g/mol. The topological polar surface area (TPSA) is 23.8 Å². The van der Waals surface area contributed by atoms with Gasteiger partial charge in [0.15, 0.2) is 0 Å². The van der Waals surface area contributed by atoms with E-state index in [4.69, 9.17) is 10.7 Å². The van der Waals surface area contributed by atoms with Crippen LogP contribution < -0.4 is 0 Å². The van der Waals surface area contributed by atoms with Crippen molar-refractivity contribution in [1.29, 1.82) is 5.26 Å². The SMILES string of the molecule is [2H]C1([2H])CC2CC(c3ccc(C#N)cc3)CCC2C([2H])([2H])C1CCCCC. The van der Waals surface area contributed by atoms with Gasteiger partial charge in [0.2, 0.25) is 0 Å². The number of nitriles is 1. The molecule has 2 saturated carbocycles. The maximum Gasteiger partial charge on any atom is 0.0991 e.